The van der Waals surface area contributed by atoms with Crippen LogP contribution in [0.3, 0.4) is 0 Å². The van der Waals surface area contributed by atoms with Crippen LogP contribution in [0.2, 0.25) is 0 Å². The van der Waals surface area contributed by atoms with Gasteiger partial charge in [-0.25, -0.2) is 4.79 Å². The van der Waals surface area contributed by atoms with E-state index in [1.54, 1.807) is 95.3 Å². The van der Waals surface area contributed by atoms with Crippen LogP contribution in [0.25, 0.3) is 0 Å². The summed E-state index contributed by atoms with van der Waals surface area (Å²) in [6.07, 6.45) is -2.07. The minimum Gasteiger partial charge on any atom is -0.508 e. The average Bonchev–Trinajstić information content (AvgIpc) is 3.38. The zero-order chi connectivity index (χ0) is 56.6. The fourth-order valence-corrected chi connectivity index (χ4v) is 7.85. The second-order valence-corrected chi connectivity index (χ2v) is 19.3. The van der Waals surface area contributed by atoms with Crippen molar-refractivity contribution in [2.75, 3.05) is 0 Å². The summed E-state index contributed by atoms with van der Waals surface area (Å²) in [5, 5.41) is 57.1. The monoisotopic (exact) mass is 1060 g/mol. The summed E-state index contributed by atoms with van der Waals surface area (Å²) in [5.41, 5.74) is 7.74. The Kier molecular flexibility index (Phi) is 25.5. The summed E-state index contributed by atoms with van der Waals surface area (Å²) in [4.78, 5) is 134. The number of phenolic OH excluding ortho intramolecular Hbond substituents is 1. The Morgan fingerprint density at radius 2 is 0.776 bits per heavy atom. The molecule has 3 rings (SSSR count). The number of nitrogens with one attached hydrogen (secondary N) is 7. The van der Waals surface area contributed by atoms with Crippen molar-refractivity contribution in [1.29, 1.82) is 0 Å². The Morgan fingerprint density at radius 1 is 0.434 bits per heavy atom. The number of aliphatic carboxylic acids is 3. The van der Waals surface area contributed by atoms with Crippen molar-refractivity contribution in [2.24, 2.45) is 23.5 Å². The number of nitrogens with two attached hydrogens (primary N) is 1. The van der Waals surface area contributed by atoms with Crippen LogP contribution in [-0.2, 0) is 67.2 Å². The number of carbonyl (C=O) groups is 10. The maximum absolute atomic E-state index is 14.4. The summed E-state index contributed by atoms with van der Waals surface area (Å²) in [6.45, 7) is 10.3. The van der Waals surface area contributed by atoms with Gasteiger partial charge in [0.05, 0.1) is 6.04 Å². The molecular weight excluding hydrogens is 985 g/mol. The molecule has 76 heavy (non-hydrogen) atoms. The fraction of sp³-hybridized carbons (Fsp3) is 0.481. The average molecular weight is 1060 g/mol. The first-order valence-electron chi connectivity index (χ1n) is 25.3. The lowest BCUT2D eigenvalue weighted by atomic mass is 9.95. The maximum atomic E-state index is 14.4. The number of benzene rings is 3. The molecule has 0 fully saturated rings. The van der Waals surface area contributed by atoms with Crippen LogP contribution in [0.15, 0.2) is 84.9 Å². The van der Waals surface area contributed by atoms with Gasteiger partial charge in [0.25, 0.3) is 0 Å². The van der Waals surface area contributed by atoms with Crippen LogP contribution in [0.4, 0.5) is 0 Å². The molecule has 0 unspecified atom stereocenters. The largest absolute Gasteiger partial charge is 0.508 e. The number of carbonyl (C=O) groups excluding carboxylic acids is 7. The number of hydrogen-bond donors (Lipinski definition) is 12. The summed E-state index contributed by atoms with van der Waals surface area (Å²) >= 11 is 0. The van der Waals surface area contributed by atoms with E-state index in [2.05, 4.69) is 37.2 Å². The number of carboxylic acids is 3. The van der Waals surface area contributed by atoms with Crippen molar-refractivity contribution in [2.45, 2.75) is 148 Å². The standard InChI is InChI=1S/C54H74N8O14/c1-7-31(5)44(55)52(73)62-46(32(6)8-2)53(74)60-40(29-35-19-21-36(63)22-20-35)49(70)57-37(23-25-42(64)65)47(68)56-38(24-26-43(66)67)48(69)58-39(27-33-15-11-9-12-16-33)50(71)59-41(28-34-17-13-10-14-18-34)51(72)61-45(30(3)4)54(75)76/h9-22,30-32,37-41,44-46,63H,7-8,23-29,55H2,1-6H3,(H,56,68)(H,57,70)(H,58,69)(H,59,71)(H,60,74)(H,61,72)(H,62,73)(H,64,65)(H,66,67)(H,75,76)/t31-,32-,37-,38-,39-,40-,41-,44-,45-,46-/m0/s1. The number of carboxylic acid groups (broad SMARTS) is 3. The van der Waals surface area contributed by atoms with Gasteiger partial charge >= 0.3 is 17.9 Å². The highest BCUT2D eigenvalue weighted by Gasteiger charge is 2.36. The zero-order valence-electron chi connectivity index (χ0n) is 43.7. The minimum absolute atomic E-state index is 0.0997. The van der Waals surface area contributed by atoms with Gasteiger partial charge in [-0.1, -0.05) is 127 Å². The lowest BCUT2D eigenvalue weighted by molar-refractivity contribution is -0.143. The Bertz CT molecular complexity index is 2440. The quantitative estimate of drug-likeness (QED) is 0.0424. The molecule has 7 amide bonds. The Hall–Kier alpha value is -7.88. The highest BCUT2D eigenvalue weighted by Crippen LogP contribution is 2.16. The molecule has 0 aliphatic rings. The van der Waals surface area contributed by atoms with Gasteiger partial charge < -0.3 is 63.4 Å². The lowest BCUT2D eigenvalue weighted by Crippen LogP contribution is -2.61. The number of amides is 7. The summed E-state index contributed by atoms with van der Waals surface area (Å²) in [5.74, 6) is -11.7. The second kappa shape index (κ2) is 31.1. The van der Waals surface area contributed by atoms with Gasteiger partial charge in [0, 0.05) is 32.1 Å². The number of phenols is 1. The number of hydrogen-bond acceptors (Lipinski definition) is 12. The molecule has 0 aliphatic heterocycles. The van der Waals surface area contributed by atoms with E-state index in [1.807, 2.05) is 6.92 Å². The fourth-order valence-electron chi connectivity index (χ4n) is 7.85. The van der Waals surface area contributed by atoms with Gasteiger partial charge in [0.15, 0.2) is 0 Å². The van der Waals surface area contributed by atoms with Crippen molar-refractivity contribution in [3.8, 4) is 5.75 Å². The third-order valence-electron chi connectivity index (χ3n) is 13.0. The number of rotatable bonds is 32. The molecule has 0 bridgehead atoms. The van der Waals surface area contributed by atoms with E-state index in [9.17, 15) is 68.4 Å². The molecule has 22 heteroatoms. The first-order valence-corrected chi connectivity index (χ1v) is 25.3. The molecule has 0 aromatic heterocycles. The van der Waals surface area contributed by atoms with Crippen LogP contribution in [0.5, 0.6) is 5.75 Å². The van der Waals surface area contributed by atoms with Gasteiger partial charge in [-0.2, -0.15) is 0 Å². The molecule has 414 valence electrons. The third-order valence-corrected chi connectivity index (χ3v) is 13.0. The van der Waals surface area contributed by atoms with E-state index in [4.69, 9.17) is 5.73 Å². The maximum Gasteiger partial charge on any atom is 0.326 e. The van der Waals surface area contributed by atoms with Gasteiger partial charge in [-0.05, 0) is 59.4 Å². The SMILES string of the molecule is CC[C@H](C)[C@H](N)C(=O)N[C@H](C(=O)N[C@@H](Cc1ccc(O)cc1)C(=O)N[C@@H](CCC(=O)O)C(=O)N[C@@H](CCC(=O)O)C(=O)N[C@@H](Cc1ccccc1)C(=O)N[C@@H](Cc1ccccc1)C(=O)N[C@H](C(=O)O)C(C)C)[C@@H](C)CC. The molecular formula is C54H74N8O14. The van der Waals surface area contributed by atoms with Gasteiger partial charge in [0.2, 0.25) is 41.4 Å². The van der Waals surface area contributed by atoms with Gasteiger partial charge in [-0.15, -0.1) is 0 Å². The molecule has 3 aromatic rings. The van der Waals surface area contributed by atoms with Crippen molar-refractivity contribution in [1.82, 2.24) is 37.2 Å². The highest BCUT2D eigenvalue weighted by molar-refractivity contribution is 5.98. The van der Waals surface area contributed by atoms with Crippen molar-refractivity contribution in [3.05, 3.63) is 102 Å². The lowest BCUT2D eigenvalue weighted by Gasteiger charge is -2.29. The Balaban J connectivity index is 2.01. The zero-order valence-corrected chi connectivity index (χ0v) is 43.7. The molecule has 0 heterocycles. The molecule has 13 N–H and O–H groups in total. The van der Waals surface area contributed by atoms with E-state index in [1.165, 1.54) is 24.3 Å². The summed E-state index contributed by atoms with van der Waals surface area (Å²) < 4.78 is 0. The molecule has 0 saturated carbocycles. The van der Waals surface area contributed by atoms with Crippen molar-refractivity contribution in [3.63, 3.8) is 0 Å². The predicted molar refractivity (Wildman–Crippen MR) is 279 cm³/mol. The van der Waals surface area contributed by atoms with E-state index in [-0.39, 0.29) is 30.9 Å². The summed E-state index contributed by atoms with van der Waals surface area (Å²) in [7, 11) is 0. The normalized spacial score (nSPS) is 15.1. The van der Waals surface area contributed by atoms with Crippen LogP contribution in [-0.4, -0.2) is 128 Å². The molecule has 0 spiro atoms. The topological polar surface area (TPSA) is 362 Å². The van der Waals surface area contributed by atoms with Crippen LogP contribution in [0, 0.1) is 17.8 Å². The first kappa shape index (κ1) is 62.4. The molecule has 0 saturated heterocycles. The Labute approximate surface area is 442 Å². The molecule has 22 nitrogen and oxygen atoms in total. The van der Waals surface area contributed by atoms with E-state index < -0.39 is 145 Å². The molecule has 10 atom stereocenters. The molecule has 3 aromatic carbocycles. The van der Waals surface area contributed by atoms with Gasteiger partial charge in [-0.3, -0.25) is 43.2 Å². The summed E-state index contributed by atoms with van der Waals surface area (Å²) in [6, 6.07) is 11.2. The minimum atomic E-state index is -1.74. The van der Waals surface area contributed by atoms with Crippen LogP contribution >= 0.6 is 0 Å². The Morgan fingerprint density at radius 3 is 1.14 bits per heavy atom. The number of aromatic hydroxyl groups is 1. The molecule has 0 aliphatic carbocycles. The highest BCUT2D eigenvalue weighted by atomic mass is 16.4. The van der Waals surface area contributed by atoms with Crippen LogP contribution in [0.1, 0.15) is 96.8 Å². The molecule has 0 radical (unpaired) electrons. The van der Waals surface area contributed by atoms with E-state index >= 15 is 0 Å². The smallest absolute Gasteiger partial charge is 0.326 e. The van der Waals surface area contributed by atoms with Gasteiger partial charge in [0.1, 0.15) is 48.0 Å². The van der Waals surface area contributed by atoms with Crippen LogP contribution < -0.4 is 43.0 Å². The predicted octanol–water partition coefficient (Wildman–Crippen LogP) is 1.70. The van der Waals surface area contributed by atoms with E-state index in [0.29, 0.717) is 29.5 Å². The first-order chi connectivity index (χ1) is 35.9. The second-order valence-electron chi connectivity index (χ2n) is 19.3. The van der Waals surface area contributed by atoms with Crippen molar-refractivity contribution < 1.29 is 68.4 Å². The third kappa shape index (κ3) is 20.8. The van der Waals surface area contributed by atoms with Crippen molar-refractivity contribution >= 4 is 59.3 Å². The van der Waals surface area contributed by atoms with E-state index in [0.717, 1.165) is 0 Å².